The maximum atomic E-state index is 13.0. The highest BCUT2D eigenvalue weighted by molar-refractivity contribution is 7.88. The Morgan fingerprint density at radius 3 is 2.56 bits per heavy atom. The van der Waals surface area contributed by atoms with Crippen LogP contribution in [0.2, 0.25) is 5.02 Å². The lowest BCUT2D eigenvalue weighted by atomic mass is 9.89. The monoisotopic (exact) mass is 602 g/mol. The first kappa shape index (κ1) is 32.3. The van der Waals surface area contributed by atoms with Crippen molar-refractivity contribution in [1.82, 2.24) is 19.4 Å². The molecule has 1 saturated heterocycles. The van der Waals surface area contributed by atoms with E-state index in [2.05, 4.69) is 34.9 Å². The van der Waals surface area contributed by atoms with E-state index in [0.29, 0.717) is 60.4 Å². The van der Waals surface area contributed by atoms with Crippen molar-refractivity contribution in [3.8, 4) is 0 Å². The molecule has 1 amide bonds. The van der Waals surface area contributed by atoms with Gasteiger partial charge in [-0.15, -0.1) is 0 Å². The number of carbonyl (C=O) groups is 1. The molecule has 222 valence electrons. The third-order valence-corrected chi connectivity index (χ3v) is 8.62. The summed E-state index contributed by atoms with van der Waals surface area (Å²) >= 11 is 6.56. The summed E-state index contributed by atoms with van der Waals surface area (Å²) in [5.74, 6) is -0.332. The molecule has 2 unspecified atom stereocenters. The molecule has 1 fully saturated rings. The van der Waals surface area contributed by atoms with E-state index < -0.39 is 16.1 Å². The Kier molecular flexibility index (Phi) is 11.1. The Morgan fingerprint density at radius 1 is 1.32 bits per heavy atom. The SMILES string of the molecule is C=CN=C1C(=C)C=C(C(NC(=O)COCC)/C(=C/N)N(C)C=C)c2cc(Cl)ccc2C1N1CCN(S(C)(=O)=O)CC1. The maximum Gasteiger partial charge on any atom is 0.246 e. The van der Waals surface area contributed by atoms with Crippen molar-refractivity contribution in [2.75, 3.05) is 52.7 Å². The van der Waals surface area contributed by atoms with Crippen LogP contribution in [0.3, 0.4) is 0 Å². The Labute approximate surface area is 248 Å². The minimum absolute atomic E-state index is 0.129. The fourth-order valence-electron chi connectivity index (χ4n) is 5.06. The molecule has 0 aromatic heterocycles. The molecule has 0 saturated carbocycles. The number of likely N-dealkylation sites (N-methyl/N-ethyl adjacent to an activating group) is 1. The number of nitrogens with two attached hydrogens (primary N) is 1. The highest BCUT2D eigenvalue weighted by Gasteiger charge is 2.37. The number of sulfonamides is 1. The predicted octanol–water partition coefficient (Wildman–Crippen LogP) is 2.89. The van der Waals surface area contributed by atoms with Gasteiger partial charge in [-0.05, 0) is 53.6 Å². The highest BCUT2D eigenvalue weighted by atomic mass is 35.5. The van der Waals surface area contributed by atoms with Crippen LogP contribution in [-0.4, -0.2) is 92.9 Å². The molecule has 12 heteroatoms. The third kappa shape index (κ3) is 7.55. The zero-order valence-corrected chi connectivity index (χ0v) is 25.4. The Hall–Kier alpha value is -3.22. The summed E-state index contributed by atoms with van der Waals surface area (Å²) in [6, 6.07) is 4.46. The van der Waals surface area contributed by atoms with Crippen molar-refractivity contribution >= 4 is 38.8 Å². The molecule has 1 aliphatic carbocycles. The molecular weight excluding hydrogens is 564 g/mol. The Balaban J connectivity index is 2.22. The van der Waals surface area contributed by atoms with Gasteiger partial charge in [-0.25, -0.2) is 8.42 Å². The summed E-state index contributed by atoms with van der Waals surface area (Å²) in [6.45, 7) is 15.7. The number of aliphatic imine (C=N–C) groups is 1. The fourth-order valence-corrected chi connectivity index (χ4v) is 6.06. The molecule has 10 nitrogen and oxygen atoms in total. The molecule has 2 atom stereocenters. The lowest BCUT2D eigenvalue weighted by molar-refractivity contribution is -0.125. The van der Waals surface area contributed by atoms with Gasteiger partial charge in [-0.3, -0.25) is 14.7 Å². The molecule has 0 radical (unpaired) electrons. The third-order valence-electron chi connectivity index (χ3n) is 7.08. The Morgan fingerprint density at radius 2 is 2.00 bits per heavy atom. The van der Waals surface area contributed by atoms with Crippen molar-refractivity contribution in [3.63, 3.8) is 0 Å². The van der Waals surface area contributed by atoms with Gasteiger partial charge in [0, 0.05) is 57.3 Å². The van der Waals surface area contributed by atoms with Gasteiger partial charge in [0.2, 0.25) is 15.9 Å². The number of rotatable bonds is 11. The average Bonchev–Trinajstić information content (AvgIpc) is 3.05. The van der Waals surface area contributed by atoms with E-state index in [9.17, 15) is 13.2 Å². The van der Waals surface area contributed by atoms with Crippen molar-refractivity contribution in [2.24, 2.45) is 10.7 Å². The van der Waals surface area contributed by atoms with Crippen LogP contribution in [0, 0.1) is 0 Å². The molecule has 0 spiro atoms. The van der Waals surface area contributed by atoms with Crippen LogP contribution in [-0.2, 0) is 19.6 Å². The van der Waals surface area contributed by atoms with Crippen molar-refractivity contribution in [3.05, 3.63) is 90.0 Å². The molecule has 0 bridgehead atoms. The molecule has 2 aliphatic rings. The van der Waals surface area contributed by atoms with E-state index in [4.69, 9.17) is 22.1 Å². The van der Waals surface area contributed by atoms with Gasteiger partial charge in [0.25, 0.3) is 0 Å². The highest BCUT2D eigenvalue weighted by Crippen LogP contribution is 2.40. The first-order chi connectivity index (χ1) is 19.5. The van der Waals surface area contributed by atoms with E-state index in [0.717, 1.165) is 11.1 Å². The van der Waals surface area contributed by atoms with Crippen LogP contribution in [0.15, 0.2) is 78.9 Å². The van der Waals surface area contributed by atoms with Crippen LogP contribution in [0.1, 0.15) is 24.1 Å². The second-order valence-corrected chi connectivity index (χ2v) is 12.1. The van der Waals surface area contributed by atoms with Gasteiger partial charge in [-0.2, -0.15) is 4.31 Å². The van der Waals surface area contributed by atoms with Crippen LogP contribution in [0.4, 0.5) is 0 Å². The summed E-state index contributed by atoms with van der Waals surface area (Å²) in [4.78, 5) is 21.5. The predicted molar refractivity (Wildman–Crippen MR) is 166 cm³/mol. The number of amides is 1. The average molecular weight is 603 g/mol. The molecule has 1 aliphatic heterocycles. The normalized spacial score (nSPS) is 20.5. The number of hydrogen-bond acceptors (Lipinski definition) is 8. The van der Waals surface area contributed by atoms with Crippen LogP contribution in [0.25, 0.3) is 5.57 Å². The topological polar surface area (TPSA) is 121 Å². The zero-order chi connectivity index (χ0) is 30.3. The standard InChI is InChI=1S/C29H39ClN6O4S/c1-7-32-27-20(4)16-24(28(25(18-31)34(5)8-2)33-26(37)19-40-9-3)23-17-21(30)10-11-22(23)29(27)35-12-14-36(15-13-35)41(6,38)39/h7-8,10-11,16-18,28-29H,1-2,4,9,12-15,19,31H2,3,5-6H3,(H,33,37)/b25-18-,32-27?. The molecule has 41 heavy (non-hydrogen) atoms. The molecule has 1 heterocycles. The van der Waals surface area contributed by atoms with E-state index in [1.54, 1.807) is 24.2 Å². The van der Waals surface area contributed by atoms with E-state index in [1.165, 1.54) is 23.0 Å². The molecule has 1 aromatic rings. The summed E-state index contributed by atoms with van der Waals surface area (Å²) < 4.78 is 31.2. The largest absolute Gasteiger partial charge is 0.403 e. The van der Waals surface area contributed by atoms with Gasteiger partial charge < -0.3 is 20.7 Å². The van der Waals surface area contributed by atoms with Gasteiger partial charge in [0.1, 0.15) is 6.61 Å². The minimum atomic E-state index is -3.32. The van der Waals surface area contributed by atoms with Crippen LogP contribution < -0.4 is 11.1 Å². The number of fused-ring (bicyclic) bond motifs is 1. The lowest BCUT2D eigenvalue weighted by Crippen LogP contribution is -2.50. The van der Waals surface area contributed by atoms with E-state index in [-0.39, 0.29) is 18.6 Å². The first-order valence-corrected chi connectivity index (χ1v) is 15.4. The number of halogens is 1. The number of piperazine rings is 1. The first-order valence-electron chi connectivity index (χ1n) is 13.2. The quantitative estimate of drug-likeness (QED) is 0.400. The Bertz CT molecular complexity index is 1380. The van der Waals surface area contributed by atoms with Crippen molar-refractivity contribution in [2.45, 2.75) is 19.0 Å². The number of nitrogens with zero attached hydrogens (tertiary/aromatic N) is 4. The van der Waals surface area contributed by atoms with Gasteiger partial charge in [0.15, 0.2) is 0 Å². The van der Waals surface area contributed by atoms with Crippen LogP contribution in [0.5, 0.6) is 0 Å². The number of allylic oxidation sites excluding steroid dienone is 1. The zero-order valence-electron chi connectivity index (χ0n) is 23.8. The number of nitrogens with one attached hydrogen (secondary N) is 1. The maximum absolute atomic E-state index is 13.0. The van der Waals surface area contributed by atoms with E-state index >= 15 is 0 Å². The smallest absolute Gasteiger partial charge is 0.246 e. The van der Waals surface area contributed by atoms with Crippen molar-refractivity contribution < 1.29 is 17.9 Å². The fraction of sp³-hybridized carbons (Fsp3) is 0.379. The number of carbonyl (C=O) groups excluding carboxylic acids is 1. The summed E-state index contributed by atoms with van der Waals surface area (Å²) in [5, 5.41) is 3.56. The van der Waals surface area contributed by atoms with Gasteiger partial charge in [-0.1, -0.05) is 37.4 Å². The molecule has 3 N–H and O–H groups in total. The number of benzene rings is 1. The summed E-state index contributed by atoms with van der Waals surface area (Å²) in [7, 11) is -1.53. The summed E-state index contributed by atoms with van der Waals surface area (Å²) in [5.41, 5.74) is 10.3. The van der Waals surface area contributed by atoms with E-state index in [1.807, 2.05) is 25.1 Å². The summed E-state index contributed by atoms with van der Waals surface area (Å²) in [6.07, 6.45) is 7.58. The van der Waals surface area contributed by atoms with Crippen molar-refractivity contribution in [1.29, 1.82) is 0 Å². The second kappa shape index (κ2) is 14.1. The van der Waals surface area contributed by atoms with Crippen LogP contribution >= 0.6 is 11.6 Å². The second-order valence-electron chi connectivity index (χ2n) is 9.68. The molecular formula is C29H39ClN6O4S. The number of ether oxygens (including phenoxy) is 1. The minimum Gasteiger partial charge on any atom is -0.403 e. The lowest BCUT2D eigenvalue weighted by Gasteiger charge is -2.39. The molecule has 1 aromatic carbocycles. The number of hydrogen-bond donors (Lipinski definition) is 2. The van der Waals surface area contributed by atoms with Gasteiger partial charge in [0.05, 0.1) is 29.7 Å². The molecule has 3 rings (SSSR count). The van der Waals surface area contributed by atoms with Gasteiger partial charge >= 0.3 is 0 Å².